The third kappa shape index (κ3) is 5.48. The highest BCUT2D eigenvalue weighted by molar-refractivity contribution is 6.14. The summed E-state index contributed by atoms with van der Waals surface area (Å²) in [6, 6.07) is 10.6. The molecule has 1 atom stereocenters. The molecule has 1 saturated heterocycles. The van der Waals surface area contributed by atoms with Crippen LogP contribution in [-0.4, -0.2) is 48.8 Å². The van der Waals surface area contributed by atoms with Gasteiger partial charge in [0.2, 0.25) is 0 Å². The van der Waals surface area contributed by atoms with Crippen LogP contribution in [0.15, 0.2) is 47.5 Å². The van der Waals surface area contributed by atoms with Crippen LogP contribution in [0.25, 0.3) is 10.8 Å². The van der Waals surface area contributed by atoms with Gasteiger partial charge >= 0.3 is 6.18 Å². The Morgan fingerprint density at radius 1 is 1.20 bits per heavy atom. The molecule has 0 aliphatic carbocycles. The summed E-state index contributed by atoms with van der Waals surface area (Å²) in [6.45, 7) is 1.98. The van der Waals surface area contributed by atoms with E-state index in [9.17, 15) is 17.6 Å². The normalized spacial score (nSPS) is 16.8. The Balaban J connectivity index is 1.45. The number of fused-ring (bicyclic) bond motifs is 1. The van der Waals surface area contributed by atoms with Crippen molar-refractivity contribution in [3.05, 3.63) is 65.1 Å². The van der Waals surface area contributed by atoms with E-state index in [0.717, 1.165) is 35.6 Å². The van der Waals surface area contributed by atoms with Crippen LogP contribution in [0, 0.1) is 17.1 Å². The molecule has 2 aromatic carbocycles. The van der Waals surface area contributed by atoms with E-state index in [0.29, 0.717) is 37.0 Å². The van der Waals surface area contributed by atoms with E-state index in [1.165, 1.54) is 12.3 Å². The Morgan fingerprint density at radius 2 is 1.97 bits per heavy atom. The van der Waals surface area contributed by atoms with Gasteiger partial charge in [-0.15, -0.1) is 10.2 Å². The molecule has 3 aromatic rings. The fourth-order valence-corrected chi connectivity index (χ4v) is 4.50. The first-order valence-corrected chi connectivity index (χ1v) is 11.3. The maximum atomic E-state index is 13.3. The minimum atomic E-state index is -4.60. The topological polar surface area (TPSA) is 77.3 Å². The van der Waals surface area contributed by atoms with Crippen LogP contribution >= 0.6 is 0 Å². The first-order valence-electron chi connectivity index (χ1n) is 11.3. The average molecular weight is 487 g/mol. The molecule has 1 fully saturated rings. The van der Waals surface area contributed by atoms with Crippen molar-refractivity contribution < 1.29 is 17.6 Å². The quantitative estimate of drug-likeness (QED) is 0.352. The van der Waals surface area contributed by atoms with E-state index in [4.69, 9.17) is 5.41 Å². The Hall–Kier alpha value is -3.40. The molecule has 4 rings (SSSR count). The smallest absolute Gasteiger partial charge is 0.354 e. The van der Waals surface area contributed by atoms with Crippen molar-refractivity contribution in [2.45, 2.75) is 25.6 Å². The molecule has 0 radical (unpaired) electrons. The van der Waals surface area contributed by atoms with Crippen molar-refractivity contribution >= 4 is 28.5 Å². The largest absolute Gasteiger partial charge is 0.416 e. The molecule has 35 heavy (non-hydrogen) atoms. The summed E-state index contributed by atoms with van der Waals surface area (Å²) in [6.07, 6.45) is -2.09. The summed E-state index contributed by atoms with van der Waals surface area (Å²) < 4.78 is 53.0. The summed E-state index contributed by atoms with van der Waals surface area (Å²) >= 11 is 0. The van der Waals surface area contributed by atoms with Crippen molar-refractivity contribution in [2.75, 3.05) is 31.6 Å². The molecule has 0 spiro atoms. The second-order valence-electron chi connectivity index (χ2n) is 8.53. The Kier molecular flexibility index (Phi) is 7.39. The van der Waals surface area contributed by atoms with Gasteiger partial charge in [0.05, 0.1) is 11.3 Å². The number of rotatable bonds is 8. The summed E-state index contributed by atoms with van der Waals surface area (Å²) in [7, 11) is 1.67. The molecular weight excluding hydrogens is 460 g/mol. The Labute approximate surface area is 200 Å². The molecule has 1 unspecified atom stereocenters. The molecule has 184 valence electrons. The molecule has 1 aromatic heterocycles. The molecule has 10 heteroatoms. The number of alkyl halides is 3. The number of anilines is 1. The number of aliphatic imine (C=N–C) groups is 1. The van der Waals surface area contributed by atoms with Crippen LogP contribution in [0.3, 0.4) is 0 Å². The average Bonchev–Trinajstić information content (AvgIpc) is 3.31. The third-order valence-electron chi connectivity index (χ3n) is 6.22. The van der Waals surface area contributed by atoms with Gasteiger partial charge < -0.3 is 15.6 Å². The first kappa shape index (κ1) is 24.7. The lowest BCUT2D eigenvalue weighted by molar-refractivity contribution is -0.138. The van der Waals surface area contributed by atoms with Crippen LogP contribution in [0.2, 0.25) is 0 Å². The van der Waals surface area contributed by atoms with Gasteiger partial charge in [-0.05, 0) is 30.0 Å². The van der Waals surface area contributed by atoms with Crippen LogP contribution in [-0.2, 0) is 12.7 Å². The Bertz CT molecular complexity index is 1240. The van der Waals surface area contributed by atoms with Gasteiger partial charge in [0.15, 0.2) is 5.82 Å². The van der Waals surface area contributed by atoms with Crippen molar-refractivity contribution in [3.63, 3.8) is 0 Å². The first-order chi connectivity index (χ1) is 16.8. The summed E-state index contributed by atoms with van der Waals surface area (Å²) in [4.78, 5) is 6.41. The van der Waals surface area contributed by atoms with Crippen molar-refractivity contribution in [2.24, 2.45) is 10.9 Å². The van der Waals surface area contributed by atoms with E-state index in [1.54, 1.807) is 7.05 Å². The number of nitrogens with zero attached hydrogens (tertiary/aromatic N) is 4. The number of aromatic nitrogens is 2. The zero-order valence-electron chi connectivity index (χ0n) is 19.2. The molecule has 2 heterocycles. The van der Waals surface area contributed by atoms with E-state index in [-0.39, 0.29) is 18.0 Å². The minimum Gasteiger partial charge on any atom is -0.354 e. The molecular formula is C25H26F4N6. The number of nitrogens with one attached hydrogen (secondary N) is 2. The lowest BCUT2D eigenvalue weighted by atomic mass is 10.1. The molecule has 0 amide bonds. The van der Waals surface area contributed by atoms with Gasteiger partial charge in [-0.1, -0.05) is 30.3 Å². The summed E-state index contributed by atoms with van der Waals surface area (Å²) in [5, 5.41) is 21.3. The SMILES string of the molecule is CN=C(CC=N)c1nnc(N2CCC(CNCc3ccc(F)cc3C(F)(F)F)C2)c2ccccc12. The zero-order valence-corrected chi connectivity index (χ0v) is 19.2. The van der Waals surface area contributed by atoms with Crippen molar-refractivity contribution in [3.8, 4) is 0 Å². The van der Waals surface area contributed by atoms with Crippen LogP contribution in [0.5, 0.6) is 0 Å². The van der Waals surface area contributed by atoms with Gasteiger partial charge in [0.25, 0.3) is 0 Å². The predicted molar refractivity (Wildman–Crippen MR) is 129 cm³/mol. The summed E-state index contributed by atoms with van der Waals surface area (Å²) in [5.41, 5.74) is 0.433. The highest BCUT2D eigenvalue weighted by Crippen LogP contribution is 2.33. The molecule has 1 aliphatic heterocycles. The van der Waals surface area contributed by atoms with Crippen LogP contribution in [0.4, 0.5) is 23.4 Å². The number of hydrogen-bond acceptors (Lipinski definition) is 6. The zero-order chi connectivity index (χ0) is 25.0. The van der Waals surface area contributed by atoms with Crippen LogP contribution < -0.4 is 10.2 Å². The number of halogens is 4. The molecule has 0 saturated carbocycles. The minimum absolute atomic E-state index is 0.00913. The molecule has 1 aliphatic rings. The van der Waals surface area contributed by atoms with Crippen molar-refractivity contribution in [1.29, 1.82) is 5.41 Å². The number of hydrogen-bond donors (Lipinski definition) is 2. The number of benzene rings is 2. The Morgan fingerprint density at radius 3 is 2.69 bits per heavy atom. The molecule has 0 bridgehead atoms. The van der Waals surface area contributed by atoms with Gasteiger partial charge in [-0.2, -0.15) is 13.2 Å². The van der Waals surface area contributed by atoms with E-state index < -0.39 is 17.6 Å². The maximum Gasteiger partial charge on any atom is 0.416 e. The second-order valence-corrected chi connectivity index (χ2v) is 8.53. The maximum absolute atomic E-state index is 13.3. The van der Waals surface area contributed by atoms with Gasteiger partial charge in [-0.25, -0.2) is 4.39 Å². The van der Waals surface area contributed by atoms with E-state index in [2.05, 4.69) is 25.4 Å². The highest BCUT2D eigenvalue weighted by atomic mass is 19.4. The van der Waals surface area contributed by atoms with Gasteiger partial charge in [-0.3, -0.25) is 4.99 Å². The molecule has 2 N–H and O–H groups in total. The summed E-state index contributed by atoms with van der Waals surface area (Å²) in [5.74, 6) is 0.0766. The second kappa shape index (κ2) is 10.5. The fraction of sp³-hybridized carbons (Fsp3) is 0.360. The third-order valence-corrected chi connectivity index (χ3v) is 6.22. The monoisotopic (exact) mass is 486 g/mol. The van der Waals surface area contributed by atoms with Gasteiger partial charge in [0, 0.05) is 56.6 Å². The van der Waals surface area contributed by atoms with E-state index >= 15 is 0 Å². The van der Waals surface area contributed by atoms with Gasteiger partial charge in [0.1, 0.15) is 11.5 Å². The standard InChI is InChI=1S/C25H26F4N6/c1-31-22(8-10-30)23-19-4-2-3-5-20(19)24(34-33-23)35-11-9-16(15-35)13-32-14-17-6-7-18(26)12-21(17)25(27,28)29/h2-7,10,12,16,30,32H,8-9,11,13-15H2,1H3. The van der Waals surface area contributed by atoms with Crippen molar-refractivity contribution in [1.82, 2.24) is 15.5 Å². The predicted octanol–water partition coefficient (Wildman–Crippen LogP) is 4.86. The lowest BCUT2D eigenvalue weighted by Gasteiger charge is -2.20. The van der Waals surface area contributed by atoms with Crippen LogP contribution in [0.1, 0.15) is 29.7 Å². The van der Waals surface area contributed by atoms with E-state index in [1.807, 2.05) is 24.3 Å². The lowest BCUT2D eigenvalue weighted by Crippen LogP contribution is -2.27. The highest BCUT2D eigenvalue weighted by Gasteiger charge is 2.34. The molecule has 6 nitrogen and oxygen atoms in total. The fourth-order valence-electron chi connectivity index (χ4n) is 4.50.